The molecule has 0 bridgehead atoms. The van der Waals surface area contributed by atoms with E-state index in [9.17, 15) is 4.79 Å². The molecular formula is C16H24N6O. The standard InChI is InChI=1S/C16H24N6O/c23-16(18-15-11-5-1-2-6-12(11)19-22-15)14-8-13(20-21-14)10-4-3-7-17-9-10/h3-4,7,9,11-15,19-22H,1-2,5-6,8H2,(H,18,23). The molecule has 5 N–H and O–H groups in total. The third-order valence-corrected chi connectivity index (χ3v) is 5.28. The summed E-state index contributed by atoms with van der Waals surface area (Å²) < 4.78 is 0. The van der Waals surface area contributed by atoms with Crippen LogP contribution in [0.15, 0.2) is 24.5 Å². The van der Waals surface area contributed by atoms with Crippen molar-refractivity contribution in [3.05, 3.63) is 30.1 Å². The zero-order valence-corrected chi connectivity index (χ0v) is 13.1. The maximum absolute atomic E-state index is 12.6. The fourth-order valence-corrected chi connectivity index (χ4v) is 3.97. The molecule has 3 heterocycles. The maximum atomic E-state index is 12.6. The van der Waals surface area contributed by atoms with Crippen molar-refractivity contribution in [1.29, 1.82) is 0 Å². The van der Waals surface area contributed by atoms with Crippen molar-refractivity contribution in [3.63, 3.8) is 0 Å². The normalized spacial score (nSPS) is 36.6. The Labute approximate surface area is 135 Å². The van der Waals surface area contributed by atoms with Crippen molar-refractivity contribution in [2.75, 3.05) is 0 Å². The Kier molecular flexibility index (Phi) is 4.26. The zero-order chi connectivity index (χ0) is 15.6. The van der Waals surface area contributed by atoms with Gasteiger partial charge < -0.3 is 5.32 Å². The largest absolute Gasteiger partial charge is 0.338 e. The molecule has 1 aromatic heterocycles. The van der Waals surface area contributed by atoms with E-state index in [1.54, 1.807) is 6.20 Å². The number of nitrogens with zero attached hydrogens (tertiary/aromatic N) is 1. The van der Waals surface area contributed by atoms with Gasteiger partial charge in [-0.2, -0.15) is 0 Å². The molecule has 1 saturated carbocycles. The van der Waals surface area contributed by atoms with Crippen LogP contribution in [-0.4, -0.2) is 29.1 Å². The highest BCUT2D eigenvalue weighted by molar-refractivity contribution is 5.82. The highest BCUT2D eigenvalue weighted by Gasteiger charge is 2.39. The number of amides is 1. The molecule has 3 fully saturated rings. The lowest BCUT2D eigenvalue weighted by molar-refractivity contribution is -0.124. The van der Waals surface area contributed by atoms with E-state index in [2.05, 4.69) is 32.0 Å². The van der Waals surface area contributed by atoms with Crippen LogP contribution in [0.3, 0.4) is 0 Å². The highest BCUT2D eigenvalue weighted by atomic mass is 16.2. The molecule has 4 rings (SSSR count). The van der Waals surface area contributed by atoms with Crippen LogP contribution in [0, 0.1) is 5.92 Å². The van der Waals surface area contributed by atoms with Gasteiger partial charge in [0.1, 0.15) is 6.04 Å². The second kappa shape index (κ2) is 6.52. The van der Waals surface area contributed by atoms with Gasteiger partial charge in [-0.05, 0) is 30.9 Å². The van der Waals surface area contributed by atoms with Crippen molar-refractivity contribution in [2.45, 2.75) is 56.4 Å². The van der Waals surface area contributed by atoms with Crippen LogP contribution in [-0.2, 0) is 4.79 Å². The first-order valence-electron chi connectivity index (χ1n) is 8.53. The number of carbonyl (C=O) groups is 1. The van der Waals surface area contributed by atoms with E-state index in [0.717, 1.165) is 12.0 Å². The molecule has 7 heteroatoms. The number of nitrogens with one attached hydrogen (secondary N) is 5. The number of hydrogen-bond donors (Lipinski definition) is 5. The van der Waals surface area contributed by atoms with Gasteiger partial charge in [-0.1, -0.05) is 18.9 Å². The Balaban J connectivity index is 1.33. The van der Waals surface area contributed by atoms with Crippen molar-refractivity contribution < 1.29 is 4.79 Å². The molecule has 0 aromatic carbocycles. The van der Waals surface area contributed by atoms with Gasteiger partial charge in [-0.3, -0.25) is 15.2 Å². The first kappa shape index (κ1) is 15.0. The van der Waals surface area contributed by atoms with Crippen LogP contribution in [0.25, 0.3) is 0 Å². The zero-order valence-electron chi connectivity index (χ0n) is 13.1. The summed E-state index contributed by atoms with van der Waals surface area (Å²) in [6, 6.07) is 4.34. The lowest BCUT2D eigenvalue weighted by atomic mass is 9.84. The molecule has 5 atom stereocenters. The van der Waals surface area contributed by atoms with Crippen molar-refractivity contribution in [2.24, 2.45) is 5.92 Å². The molecule has 5 unspecified atom stereocenters. The third kappa shape index (κ3) is 3.10. The SMILES string of the molecule is O=C(NC1NNC2CCCCC21)C1CC(c2cccnc2)NN1. The van der Waals surface area contributed by atoms with Gasteiger partial charge in [0.15, 0.2) is 0 Å². The first-order chi connectivity index (χ1) is 11.3. The second-order valence-electron chi connectivity index (χ2n) is 6.75. The average molecular weight is 316 g/mol. The fourth-order valence-electron chi connectivity index (χ4n) is 3.97. The average Bonchev–Trinajstić information content (AvgIpc) is 3.24. The maximum Gasteiger partial charge on any atom is 0.239 e. The Morgan fingerprint density at radius 1 is 1.17 bits per heavy atom. The molecule has 3 aliphatic rings. The van der Waals surface area contributed by atoms with E-state index in [1.165, 1.54) is 25.7 Å². The quantitative estimate of drug-likeness (QED) is 0.543. The van der Waals surface area contributed by atoms with Gasteiger partial charge >= 0.3 is 0 Å². The highest BCUT2D eigenvalue weighted by Crippen LogP contribution is 2.29. The van der Waals surface area contributed by atoms with Crippen LogP contribution in [0.1, 0.15) is 43.7 Å². The van der Waals surface area contributed by atoms with E-state index in [-0.39, 0.29) is 24.2 Å². The summed E-state index contributed by atoms with van der Waals surface area (Å²) in [5.41, 5.74) is 14.0. The van der Waals surface area contributed by atoms with Crippen LogP contribution < -0.4 is 27.0 Å². The topological polar surface area (TPSA) is 90.1 Å². The minimum atomic E-state index is -0.218. The number of rotatable bonds is 3. The Morgan fingerprint density at radius 3 is 2.96 bits per heavy atom. The van der Waals surface area contributed by atoms with E-state index >= 15 is 0 Å². The summed E-state index contributed by atoms with van der Waals surface area (Å²) in [7, 11) is 0. The van der Waals surface area contributed by atoms with Crippen molar-refractivity contribution in [3.8, 4) is 0 Å². The molecule has 23 heavy (non-hydrogen) atoms. The van der Waals surface area contributed by atoms with Crippen LogP contribution >= 0.6 is 0 Å². The monoisotopic (exact) mass is 316 g/mol. The number of hydrogen-bond acceptors (Lipinski definition) is 6. The first-order valence-corrected chi connectivity index (χ1v) is 8.53. The van der Waals surface area contributed by atoms with Gasteiger partial charge in [0.05, 0.1) is 6.17 Å². The summed E-state index contributed by atoms with van der Waals surface area (Å²) in [4.78, 5) is 16.7. The van der Waals surface area contributed by atoms with Crippen LogP contribution in [0.2, 0.25) is 0 Å². The predicted molar refractivity (Wildman–Crippen MR) is 85.6 cm³/mol. The number of carbonyl (C=O) groups excluding carboxylic acids is 1. The molecule has 0 spiro atoms. The molecule has 1 aromatic rings. The third-order valence-electron chi connectivity index (χ3n) is 5.28. The Bertz CT molecular complexity index is 553. The van der Waals surface area contributed by atoms with E-state index in [4.69, 9.17) is 0 Å². The summed E-state index contributed by atoms with van der Waals surface area (Å²) in [5, 5.41) is 3.16. The minimum absolute atomic E-state index is 0.0343. The molecule has 2 saturated heterocycles. The lowest BCUT2D eigenvalue weighted by Gasteiger charge is -2.28. The number of pyridine rings is 1. The van der Waals surface area contributed by atoms with Crippen molar-refractivity contribution >= 4 is 5.91 Å². The molecule has 1 amide bonds. The smallest absolute Gasteiger partial charge is 0.239 e. The van der Waals surface area contributed by atoms with Gasteiger partial charge in [-0.25, -0.2) is 16.3 Å². The molecule has 1 aliphatic carbocycles. The number of aromatic nitrogens is 1. The predicted octanol–water partition coefficient (Wildman–Crippen LogP) is 0.0981. The second-order valence-corrected chi connectivity index (χ2v) is 6.75. The van der Waals surface area contributed by atoms with Gasteiger partial charge in [0.2, 0.25) is 5.91 Å². The van der Waals surface area contributed by atoms with Crippen LogP contribution in [0.4, 0.5) is 0 Å². The fraction of sp³-hybridized carbons (Fsp3) is 0.625. The van der Waals surface area contributed by atoms with E-state index in [0.29, 0.717) is 12.0 Å². The summed E-state index contributed by atoms with van der Waals surface area (Å²) in [6.07, 6.45) is 9.25. The number of fused-ring (bicyclic) bond motifs is 1. The minimum Gasteiger partial charge on any atom is -0.338 e. The molecular weight excluding hydrogens is 292 g/mol. The lowest BCUT2D eigenvalue weighted by Crippen LogP contribution is -2.52. The van der Waals surface area contributed by atoms with Gasteiger partial charge in [0, 0.05) is 30.4 Å². The van der Waals surface area contributed by atoms with E-state index in [1.807, 2.05) is 18.3 Å². The molecule has 124 valence electrons. The summed E-state index contributed by atoms with van der Waals surface area (Å²) >= 11 is 0. The number of hydrazine groups is 2. The summed E-state index contributed by atoms with van der Waals surface area (Å²) in [6.45, 7) is 0. The molecule has 2 aliphatic heterocycles. The van der Waals surface area contributed by atoms with E-state index < -0.39 is 0 Å². The Hall–Kier alpha value is -1.54. The van der Waals surface area contributed by atoms with Crippen LogP contribution in [0.5, 0.6) is 0 Å². The molecule has 7 nitrogen and oxygen atoms in total. The van der Waals surface area contributed by atoms with Gasteiger partial charge in [0.25, 0.3) is 0 Å². The van der Waals surface area contributed by atoms with Crippen molar-refractivity contribution in [1.82, 2.24) is 32.0 Å². The summed E-state index contributed by atoms with van der Waals surface area (Å²) in [5.74, 6) is 0.547. The molecule has 0 radical (unpaired) electrons. The Morgan fingerprint density at radius 2 is 2.09 bits per heavy atom. The van der Waals surface area contributed by atoms with Gasteiger partial charge in [-0.15, -0.1) is 0 Å².